The third kappa shape index (κ3) is 6.32. The molecule has 0 atom stereocenters. The highest BCUT2D eigenvalue weighted by molar-refractivity contribution is 5.89. The van der Waals surface area contributed by atoms with Crippen molar-refractivity contribution in [1.29, 1.82) is 0 Å². The number of rotatable bonds is 8. The molecule has 0 unspecified atom stereocenters. The summed E-state index contributed by atoms with van der Waals surface area (Å²) in [4.78, 5) is 23.4. The van der Waals surface area contributed by atoms with Gasteiger partial charge in [0, 0.05) is 11.1 Å². The lowest BCUT2D eigenvalue weighted by atomic mass is 9.79. The molecule has 174 valence electrons. The van der Waals surface area contributed by atoms with E-state index in [2.05, 4.69) is 51.3 Å². The number of carbonyl (C=O) groups is 2. The summed E-state index contributed by atoms with van der Waals surface area (Å²) in [5.74, 6) is 0.157. The van der Waals surface area contributed by atoms with Crippen LogP contribution < -0.4 is 9.47 Å². The first-order valence-corrected chi connectivity index (χ1v) is 11.1. The van der Waals surface area contributed by atoms with E-state index in [4.69, 9.17) is 9.47 Å². The smallest absolute Gasteiger partial charge is 0.338 e. The molecule has 0 N–H and O–H groups in total. The number of benzene rings is 3. The van der Waals surface area contributed by atoms with Crippen LogP contribution in [0.4, 0.5) is 0 Å². The minimum Gasteiger partial charge on any atom is -0.423 e. The monoisotopic (exact) mass is 454 g/mol. The van der Waals surface area contributed by atoms with Crippen LogP contribution in [0.2, 0.25) is 0 Å². The zero-order chi connectivity index (χ0) is 24.9. The van der Waals surface area contributed by atoms with E-state index in [-0.39, 0.29) is 5.41 Å². The minimum absolute atomic E-state index is 0.104. The molecule has 0 saturated heterocycles. The average molecular weight is 455 g/mol. The summed E-state index contributed by atoms with van der Waals surface area (Å²) in [5, 5.41) is 0. The second kappa shape index (κ2) is 10.3. The first kappa shape index (κ1) is 24.7. The van der Waals surface area contributed by atoms with Gasteiger partial charge in [0.15, 0.2) is 0 Å². The van der Waals surface area contributed by atoms with Crippen LogP contribution in [0.15, 0.2) is 97.1 Å². The van der Waals surface area contributed by atoms with Gasteiger partial charge in [-0.15, -0.1) is 0 Å². The van der Waals surface area contributed by atoms with Crippen LogP contribution in [0.3, 0.4) is 0 Å². The Bertz CT molecular complexity index is 1200. The van der Waals surface area contributed by atoms with Crippen molar-refractivity contribution in [2.45, 2.75) is 39.5 Å². The molecule has 0 radical (unpaired) electrons. The van der Waals surface area contributed by atoms with Crippen LogP contribution >= 0.6 is 0 Å². The van der Waals surface area contributed by atoms with Crippen LogP contribution in [0.25, 0.3) is 11.1 Å². The second-order valence-electron chi connectivity index (χ2n) is 9.15. The summed E-state index contributed by atoms with van der Waals surface area (Å²) in [5.41, 5.74) is 5.14. The Morgan fingerprint density at radius 2 is 1.06 bits per heavy atom. The fourth-order valence-corrected chi connectivity index (χ4v) is 3.51. The van der Waals surface area contributed by atoms with Gasteiger partial charge in [-0.05, 0) is 72.2 Å². The van der Waals surface area contributed by atoms with Gasteiger partial charge in [-0.2, -0.15) is 0 Å². The summed E-state index contributed by atoms with van der Waals surface area (Å²) in [7, 11) is 0. The van der Waals surface area contributed by atoms with E-state index in [1.165, 1.54) is 5.56 Å². The topological polar surface area (TPSA) is 52.6 Å². The standard InChI is InChI=1S/C30H30O4/c1-20(2)28(31)33-26-15-11-24(12-16-26)23-9-7-22(8-10-23)19-30(5,6)25-13-17-27(18-14-25)34-29(32)21(3)4/h7-18H,1,3,19H2,2,4-6H3. The Balaban J connectivity index is 1.66. The summed E-state index contributed by atoms with van der Waals surface area (Å²) >= 11 is 0. The van der Waals surface area contributed by atoms with Crippen LogP contribution in [-0.4, -0.2) is 11.9 Å². The Morgan fingerprint density at radius 3 is 1.47 bits per heavy atom. The van der Waals surface area contributed by atoms with Crippen molar-refractivity contribution in [2.75, 3.05) is 0 Å². The number of hydrogen-bond donors (Lipinski definition) is 0. The summed E-state index contributed by atoms with van der Waals surface area (Å²) < 4.78 is 10.5. The molecule has 0 bridgehead atoms. The first-order valence-electron chi connectivity index (χ1n) is 11.1. The van der Waals surface area contributed by atoms with Gasteiger partial charge < -0.3 is 9.47 Å². The van der Waals surface area contributed by atoms with Gasteiger partial charge in [-0.25, -0.2) is 9.59 Å². The lowest BCUT2D eigenvalue weighted by molar-refractivity contribution is -0.130. The van der Waals surface area contributed by atoms with E-state index >= 15 is 0 Å². The Labute approximate surface area is 201 Å². The van der Waals surface area contributed by atoms with Gasteiger partial charge in [0.1, 0.15) is 11.5 Å². The zero-order valence-electron chi connectivity index (χ0n) is 20.2. The summed E-state index contributed by atoms with van der Waals surface area (Å²) in [6, 6.07) is 23.5. The molecule has 4 heteroatoms. The second-order valence-corrected chi connectivity index (χ2v) is 9.15. The molecule has 0 spiro atoms. The first-order chi connectivity index (χ1) is 16.0. The Hall–Kier alpha value is -3.92. The van der Waals surface area contributed by atoms with Gasteiger partial charge in [0.25, 0.3) is 0 Å². The molecular weight excluding hydrogens is 424 g/mol. The Morgan fingerprint density at radius 1 is 0.676 bits per heavy atom. The fraction of sp³-hybridized carbons (Fsp3) is 0.200. The number of esters is 2. The molecule has 0 amide bonds. The van der Waals surface area contributed by atoms with Crippen molar-refractivity contribution in [2.24, 2.45) is 0 Å². The summed E-state index contributed by atoms with van der Waals surface area (Å²) in [6.45, 7) is 14.8. The highest BCUT2D eigenvalue weighted by Crippen LogP contribution is 2.30. The molecule has 34 heavy (non-hydrogen) atoms. The minimum atomic E-state index is -0.428. The van der Waals surface area contributed by atoms with Crippen molar-refractivity contribution < 1.29 is 19.1 Å². The van der Waals surface area contributed by atoms with Gasteiger partial charge in [0.2, 0.25) is 0 Å². The van der Waals surface area contributed by atoms with Crippen LogP contribution in [0, 0.1) is 0 Å². The van der Waals surface area contributed by atoms with E-state index in [1.807, 2.05) is 36.4 Å². The van der Waals surface area contributed by atoms with E-state index in [0.717, 1.165) is 23.1 Å². The van der Waals surface area contributed by atoms with E-state index in [9.17, 15) is 9.59 Å². The maximum atomic E-state index is 11.7. The van der Waals surface area contributed by atoms with Gasteiger partial charge in [0.05, 0.1) is 0 Å². The molecule has 4 nitrogen and oxygen atoms in total. The van der Waals surface area contributed by atoms with Crippen molar-refractivity contribution in [1.82, 2.24) is 0 Å². The van der Waals surface area contributed by atoms with Gasteiger partial charge in [-0.3, -0.25) is 0 Å². The summed E-state index contributed by atoms with van der Waals surface area (Å²) in [6.07, 6.45) is 0.855. The van der Waals surface area contributed by atoms with E-state index < -0.39 is 11.9 Å². The third-order valence-electron chi connectivity index (χ3n) is 5.54. The molecule has 0 fully saturated rings. The molecular formula is C30H30O4. The van der Waals surface area contributed by atoms with Crippen LogP contribution in [0.5, 0.6) is 11.5 Å². The molecule has 3 aromatic rings. The van der Waals surface area contributed by atoms with Gasteiger partial charge >= 0.3 is 11.9 Å². The van der Waals surface area contributed by atoms with Crippen LogP contribution in [-0.2, 0) is 21.4 Å². The highest BCUT2D eigenvalue weighted by Gasteiger charge is 2.21. The lowest BCUT2D eigenvalue weighted by Gasteiger charge is -2.26. The predicted molar refractivity (Wildman–Crippen MR) is 136 cm³/mol. The quantitative estimate of drug-likeness (QED) is 0.212. The largest absolute Gasteiger partial charge is 0.423 e. The average Bonchev–Trinajstić information content (AvgIpc) is 2.80. The number of carbonyl (C=O) groups excluding carboxylic acids is 2. The normalized spacial score (nSPS) is 10.9. The molecule has 3 aromatic carbocycles. The maximum absolute atomic E-state index is 11.7. The Kier molecular flexibility index (Phi) is 7.52. The fourth-order valence-electron chi connectivity index (χ4n) is 3.51. The molecule has 0 aliphatic rings. The number of hydrogen-bond acceptors (Lipinski definition) is 4. The van der Waals surface area contributed by atoms with Crippen molar-refractivity contribution in [3.8, 4) is 22.6 Å². The third-order valence-corrected chi connectivity index (χ3v) is 5.54. The van der Waals surface area contributed by atoms with Gasteiger partial charge in [-0.1, -0.05) is 75.5 Å². The van der Waals surface area contributed by atoms with E-state index in [1.54, 1.807) is 26.0 Å². The SMILES string of the molecule is C=C(C)C(=O)Oc1ccc(-c2ccc(CC(C)(C)c3ccc(OC(=O)C(=C)C)cc3)cc2)cc1. The molecule has 0 aliphatic heterocycles. The number of ether oxygens (including phenoxy) is 2. The molecule has 0 aliphatic carbocycles. The maximum Gasteiger partial charge on any atom is 0.338 e. The van der Waals surface area contributed by atoms with Crippen molar-refractivity contribution >= 4 is 11.9 Å². The van der Waals surface area contributed by atoms with Crippen molar-refractivity contribution in [3.63, 3.8) is 0 Å². The molecule has 0 aromatic heterocycles. The van der Waals surface area contributed by atoms with Crippen molar-refractivity contribution in [3.05, 3.63) is 108 Å². The molecule has 0 heterocycles. The lowest BCUT2D eigenvalue weighted by Crippen LogP contribution is -2.20. The predicted octanol–water partition coefficient (Wildman–Crippen LogP) is 6.84. The van der Waals surface area contributed by atoms with Crippen LogP contribution in [0.1, 0.15) is 38.8 Å². The molecule has 3 rings (SSSR count). The van der Waals surface area contributed by atoms with E-state index in [0.29, 0.717) is 22.6 Å². The molecule has 0 saturated carbocycles. The highest BCUT2D eigenvalue weighted by atomic mass is 16.5. The zero-order valence-corrected chi connectivity index (χ0v) is 20.2.